The zero-order chi connectivity index (χ0) is 59.5. The van der Waals surface area contributed by atoms with Gasteiger partial charge in [-0.15, -0.1) is 0 Å². The molecule has 0 atom stereocenters. The van der Waals surface area contributed by atoms with Gasteiger partial charge in [0, 0.05) is 51.1 Å². The van der Waals surface area contributed by atoms with E-state index in [2.05, 4.69) is 53.4 Å². The van der Waals surface area contributed by atoms with Gasteiger partial charge in [0.05, 0.1) is 13.2 Å². The Balaban J connectivity index is 5.39. The molecule has 81 heavy (non-hydrogen) atoms. The van der Waals surface area contributed by atoms with Crippen LogP contribution in [-0.2, 0) is 42.9 Å². The van der Waals surface area contributed by atoms with Gasteiger partial charge in [0.1, 0.15) is 12.2 Å². The van der Waals surface area contributed by atoms with Gasteiger partial charge in [-0.1, -0.05) is 228 Å². The zero-order valence-corrected chi connectivity index (χ0v) is 54.7. The lowest BCUT2D eigenvalue weighted by molar-refractivity contribution is -0.151. The number of hydrogen-bond acceptors (Lipinski definition) is 10. The highest BCUT2D eigenvalue weighted by molar-refractivity contribution is 5.76. The van der Waals surface area contributed by atoms with Crippen LogP contribution in [0.25, 0.3) is 0 Å². The fourth-order valence-electron chi connectivity index (χ4n) is 11.0. The van der Waals surface area contributed by atoms with E-state index in [9.17, 15) is 24.0 Å². The van der Waals surface area contributed by atoms with Crippen LogP contribution in [0.1, 0.15) is 357 Å². The van der Waals surface area contributed by atoms with Crippen LogP contribution in [0.3, 0.4) is 0 Å². The second-order valence-corrected chi connectivity index (χ2v) is 24.2. The number of amides is 1. The highest BCUT2D eigenvalue weighted by Crippen LogP contribution is 2.21. The van der Waals surface area contributed by atoms with Crippen LogP contribution in [-0.4, -0.2) is 97.7 Å². The number of ether oxygens (including phenoxy) is 4. The first-order valence-corrected chi connectivity index (χ1v) is 35.3. The highest BCUT2D eigenvalue weighted by atomic mass is 16.6. The molecule has 0 aliphatic rings. The summed E-state index contributed by atoms with van der Waals surface area (Å²) >= 11 is 0. The van der Waals surface area contributed by atoms with Crippen LogP contribution in [0.15, 0.2) is 0 Å². The molecule has 0 aliphatic heterocycles. The van der Waals surface area contributed by atoms with Crippen molar-refractivity contribution in [2.45, 2.75) is 369 Å². The second kappa shape index (κ2) is 60.4. The topological polar surface area (TPSA) is 129 Å². The van der Waals surface area contributed by atoms with Gasteiger partial charge in [-0.05, 0) is 116 Å². The number of nitrogens with zero attached hydrogens (tertiary/aromatic N) is 2. The fraction of sp³-hybridized carbons (Fsp3) is 0.929. The molecule has 0 fully saturated rings. The molecule has 0 unspecified atom stereocenters. The lowest BCUT2D eigenvalue weighted by atomic mass is 10.0. The number of carbonyl (C=O) groups is 5. The molecule has 0 heterocycles. The first-order chi connectivity index (χ1) is 39.6. The van der Waals surface area contributed by atoms with Crippen molar-refractivity contribution in [2.75, 3.05) is 45.9 Å². The van der Waals surface area contributed by atoms with Gasteiger partial charge in [0.15, 0.2) is 0 Å². The monoisotopic (exact) mass is 1150 g/mol. The van der Waals surface area contributed by atoms with E-state index in [1.807, 2.05) is 4.90 Å². The van der Waals surface area contributed by atoms with Gasteiger partial charge in [-0.2, -0.15) is 0 Å². The highest BCUT2D eigenvalue weighted by Gasteiger charge is 2.23. The number of carbonyl (C=O) groups excluding carboxylic acids is 5. The summed E-state index contributed by atoms with van der Waals surface area (Å²) < 4.78 is 23.9. The Morgan fingerprint density at radius 2 is 0.593 bits per heavy atom. The van der Waals surface area contributed by atoms with E-state index in [4.69, 9.17) is 18.9 Å². The molecule has 0 aromatic rings. The Hall–Kier alpha value is -2.69. The SMILES string of the molecule is CCCCCCCCC(CCCCCCCC)OC(=O)CCCCCCC(=O)OCC(COC(=O)CCCCCCC(=O)OC(CCCCCCCC)CCCCCCCC)CN(CCCCN(CC)CC)C(=O)CCCCCCC. The summed E-state index contributed by atoms with van der Waals surface area (Å²) in [6, 6.07) is 0. The fourth-order valence-corrected chi connectivity index (χ4v) is 11.0. The van der Waals surface area contributed by atoms with E-state index in [0.717, 1.165) is 148 Å². The molecule has 0 bridgehead atoms. The van der Waals surface area contributed by atoms with Gasteiger partial charge in [0.2, 0.25) is 5.91 Å². The quantitative estimate of drug-likeness (QED) is 0.0330. The predicted octanol–water partition coefficient (Wildman–Crippen LogP) is 19.5. The molecule has 0 aromatic heterocycles. The van der Waals surface area contributed by atoms with E-state index in [0.29, 0.717) is 45.2 Å². The van der Waals surface area contributed by atoms with Crippen molar-refractivity contribution in [3.63, 3.8) is 0 Å². The number of unbranched alkanes of at least 4 members (excludes halogenated alkanes) is 31. The van der Waals surface area contributed by atoms with Crippen molar-refractivity contribution in [2.24, 2.45) is 5.92 Å². The third kappa shape index (κ3) is 52.6. The molecule has 11 nitrogen and oxygen atoms in total. The molecule has 0 N–H and O–H groups in total. The van der Waals surface area contributed by atoms with Crippen molar-refractivity contribution in [1.82, 2.24) is 9.80 Å². The van der Waals surface area contributed by atoms with E-state index >= 15 is 0 Å². The molecule has 0 radical (unpaired) electrons. The van der Waals surface area contributed by atoms with Crippen LogP contribution in [0.5, 0.6) is 0 Å². The van der Waals surface area contributed by atoms with Crippen molar-refractivity contribution in [3.8, 4) is 0 Å². The molecule has 0 aromatic carbocycles. The predicted molar refractivity (Wildman–Crippen MR) is 340 cm³/mol. The largest absolute Gasteiger partial charge is 0.465 e. The minimum Gasteiger partial charge on any atom is -0.465 e. The minimum atomic E-state index is -0.348. The molecule has 0 saturated carbocycles. The lowest BCUT2D eigenvalue weighted by Crippen LogP contribution is -2.39. The summed E-state index contributed by atoms with van der Waals surface area (Å²) in [5.41, 5.74) is 0. The van der Waals surface area contributed by atoms with Crippen LogP contribution < -0.4 is 0 Å². The van der Waals surface area contributed by atoms with Crippen molar-refractivity contribution in [1.29, 1.82) is 0 Å². The van der Waals surface area contributed by atoms with Crippen LogP contribution in [0.2, 0.25) is 0 Å². The summed E-state index contributed by atoms with van der Waals surface area (Å²) in [4.78, 5) is 70.6. The second-order valence-electron chi connectivity index (χ2n) is 24.2. The summed E-state index contributed by atoms with van der Waals surface area (Å²) in [5.74, 6) is -1.00. The molecule has 478 valence electrons. The molecule has 0 spiro atoms. The van der Waals surface area contributed by atoms with E-state index < -0.39 is 0 Å². The summed E-state index contributed by atoms with van der Waals surface area (Å²) in [7, 11) is 0. The molecule has 1 amide bonds. The smallest absolute Gasteiger partial charge is 0.306 e. The maximum absolute atomic E-state index is 13.8. The van der Waals surface area contributed by atoms with Crippen molar-refractivity contribution in [3.05, 3.63) is 0 Å². The maximum atomic E-state index is 13.8. The summed E-state index contributed by atoms with van der Waals surface area (Å²) in [6.45, 7) is 19.6. The van der Waals surface area contributed by atoms with Crippen LogP contribution in [0.4, 0.5) is 0 Å². The Morgan fingerprint density at radius 3 is 0.926 bits per heavy atom. The van der Waals surface area contributed by atoms with Crippen molar-refractivity contribution >= 4 is 29.8 Å². The Bertz CT molecular complexity index is 1310. The average Bonchev–Trinajstić information content (AvgIpc) is 3.46. The number of hydrogen-bond donors (Lipinski definition) is 0. The Labute approximate surface area is 501 Å². The van der Waals surface area contributed by atoms with Gasteiger partial charge < -0.3 is 28.7 Å². The molecular weight excluding hydrogens is 1010 g/mol. The van der Waals surface area contributed by atoms with Gasteiger partial charge in [0.25, 0.3) is 0 Å². The molecule has 0 aliphatic carbocycles. The molecular formula is C70H134N2O9. The lowest BCUT2D eigenvalue weighted by Gasteiger charge is -2.28. The van der Waals surface area contributed by atoms with Gasteiger partial charge in [-0.3, -0.25) is 24.0 Å². The summed E-state index contributed by atoms with van der Waals surface area (Å²) in [5, 5.41) is 0. The zero-order valence-electron chi connectivity index (χ0n) is 54.7. The third-order valence-electron chi connectivity index (χ3n) is 16.5. The standard InChI is InChI=1S/C70H134N2O9/c1-8-15-20-25-30-38-49-64(50-39-31-26-21-16-9-2)80-69(76)56-45-36-34-43-54-67(74)78-61-63(60-72(59-48-47-58-71(13-6)14-7)66(73)53-42-29-24-19-12-5)62-79-68(75)55-44-35-37-46-57-70(77)81-65(51-40-32-27-22-17-10-3)52-41-33-28-23-18-11-4/h63-65H,8-62H2,1-7H3. The van der Waals surface area contributed by atoms with E-state index in [1.54, 1.807) is 0 Å². The minimum absolute atomic E-state index is 0.0208. The summed E-state index contributed by atoms with van der Waals surface area (Å²) in [6.07, 6.45) is 48.7. The number of rotatable bonds is 63. The normalized spacial score (nSPS) is 11.6. The Kier molecular flexibility index (Phi) is 58.4. The molecule has 11 heteroatoms. The Morgan fingerprint density at radius 1 is 0.309 bits per heavy atom. The van der Waals surface area contributed by atoms with Crippen LogP contribution >= 0.6 is 0 Å². The third-order valence-corrected chi connectivity index (χ3v) is 16.5. The van der Waals surface area contributed by atoms with Crippen molar-refractivity contribution < 1.29 is 42.9 Å². The average molecular weight is 1150 g/mol. The van der Waals surface area contributed by atoms with Gasteiger partial charge >= 0.3 is 23.9 Å². The maximum Gasteiger partial charge on any atom is 0.306 e. The first-order valence-electron chi connectivity index (χ1n) is 35.3. The van der Waals surface area contributed by atoms with Crippen LogP contribution in [0, 0.1) is 5.92 Å². The number of esters is 4. The van der Waals surface area contributed by atoms with E-state index in [1.165, 1.54) is 135 Å². The van der Waals surface area contributed by atoms with E-state index in [-0.39, 0.29) is 74.0 Å². The van der Waals surface area contributed by atoms with Gasteiger partial charge in [-0.25, -0.2) is 0 Å². The molecule has 0 rings (SSSR count). The molecule has 0 saturated heterocycles. The first kappa shape index (κ1) is 78.3.